The summed E-state index contributed by atoms with van der Waals surface area (Å²) in [7, 11) is 0. The van der Waals surface area contributed by atoms with Gasteiger partial charge in [0, 0.05) is 16.7 Å². The second-order valence-electron chi connectivity index (χ2n) is 13.5. The molecule has 2 nitrogen and oxygen atoms in total. The fourth-order valence-electron chi connectivity index (χ4n) is 7.42. The molecule has 0 unspecified atom stereocenters. The van der Waals surface area contributed by atoms with E-state index in [1.165, 1.54) is 0 Å². The molecule has 0 bridgehead atoms. The van der Waals surface area contributed by atoms with E-state index in [2.05, 4.69) is 72.8 Å². The van der Waals surface area contributed by atoms with E-state index < -0.39 is 0 Å². The Morgan fingerprint density at radius 3 is 1.35 bits per heavy atom. The summed E-state index contributed by atoms with van der Waals surface area (Å²) < 4.78 is 38.2. The molecule has 0 amide bonds. The van der Waals surface area contributed by atoms with Crippen LogP contribution in [0.5, 0.6) is 0 Å². The third-order valence-electron chi connectivity index (χ3n) is 10.2. The Morgan fingerprint density at radius 2 is 0.759 bits per heavy atom. The van der Waals surface area contributed by atoms with Gasteiger partial charge in [0.1, 0.15) is 0 Å². The highest BCUT2D eigenvalue weighted by Crippen LogP contribution is 2.40. The Kier molecular flexibility index (Phi) is 6.84. The standard InChI is InChI=1S/C52H34N2/c1-3-11-35(12-4-1)37-19-23-40(24-20-37)49-34-50(41-25-21-38(22-26-41)36-13-5-2-6-14-36)54-52(53-49)43-29-27-42(28-30-43)51-46-18-10-8-16-44(46)33-48-45-17-9-7-15-39(45)31-32-47(48)51/h1-34H/i27D,28D,29D,30D. The maximum Gasteiger partial charge on any atom is 0.160 e. The molecular weight excluding hydrogens is 653 g/mol. The lowest BCUT2D eigenvalue weighted by atomic mass is 9.89. The van der Waals surface area contributed by atoms with Crippen molar-refractivity contribution in [1.29, 1.82) is 0 Å². The van der Waals surface area contributed by atoms with E-state index in [9.17, 15) is 5.48 Å². The van der Waals surface area contributed by atoms with Gasteiger partial charge in [0.15, 0.2) is 5.82 Å². The van der Waals surface area contributed by atoms with E-state index in [-0.39, 0.29) is 41.1 Å². The lowest BCUT2D eigenvalue weighted by Gasteiger charge is -2.15. The number of nitrogens with zero attached hydrogens (tertiary/aromatic N) is 2. The smallest absolute Gasteiger partial charge is 0.160 e. The molecule has 0 atom stereocenters. The highest BCUT2D eigenvalue weighted by atomic mass is 14.9. The van der Waals surface area contributed by atoms with Crippen LogP contribution in [0, 0.1) is 0 Å². The highest BCUT2D eigenvalue weighted by Gasteiger charge is 2.15. The summed E-state index contributed by atoms with van der Waals surface area (Å²) in [5, 5.41) is 5.82. The van der Waals surface area contributed by atoms with Crippen LogP contribution < -0.4 is 0 Å². The van der Waals surface area contributed by atoms with Crippen LogP contribution in [0.25, 0.3) is 99.6 Å². The van der Waals surface area contributed by atoms with Crippen LogP contribution in [0.4, 0.5) is 0 Å². The third kappa shape index (κ3) is 5.81. The second kappa shape index (κ2) is 13.4. The average molecular weight is 691 g/mol. The zero-order chi connectivity index (χ0) is 39.3. The van der Waals surface area contributed by atoms with Gasteiger partial charge in [-0.25, -0.2) is 9.97 Å². The van der Waals surface area contributed by atoms with E-state index in [1.807, 2.05) is 109 Å². The Morgan fingerprint density at radius 1 is 0.296 bits per heavy atom. The van der Waals surface area contributed by atoms with Crippen LogP contribution in [-0.2, 0) is 0 Å². The van der Waals surface area contributed by atoms with Crippen molar-refractivity contribution >= 4 is 32.3 Å². The Labute approximate surface area is 320 Å². The largest absolute Gasteiger partial charge is 0.228 e. The summed E-state index contributed by atoms with van der Waals surface area (Å²) >= 11 is 0. The average Bonchev–Trinajstić information content (AvgIpc) is 3.29. The molecule has 54 heavy (non-hydrogen) atoms. The van der Waals surface area contributed by atoms with E-state index in [1.54, 1.807) is 0 Å². The monoisotopic (exact) mass is 690 g/mol. The van der Waals surface area contributed by atoms with Gasteiger partial charge >= 0.3 is 0 Å². The summed E-state index contributed by atoms with van der Waals surface area (Å²) in [6, 6.07) is 60.3. The first-order chi connectivity index (χ1) is 28.4. The predicted octanol–water partition coefficient (Wildman–Crippen LogP) is 13.9. The first-order valence-corrected chi connectivity index (χ1v) is 18.1. The molecule has 252 valence electrons. The molecule has 0 aliphatic carbocycles. The number of benzene rings is 9. The molecule has 0 fully saturated rings. The normalized spacial score (nSPS) is 12.4. The molecule has 2 heteroatoms. The predicted molar refractivity (Wildman–Crippen MR) is 227 cm³/mol. The number of rotatable bonds is 6. The molecule has 0 aliphatic rings. The second-order valence-corrected chi connectivity index (χ2v) is 13.5. The van der Waals surface area contributed by atoms with Crippen molar-refractivity contribution in [2.24, 2.45) is 0 Å². The minimum absolute atomic E-state index is 0.0543. The molecule has 1 heterocycles. The van der Waals surface area contributed by atoms with Crippen LogP contribution in [0.1, 0.15) is 5.48 Å². The fourth-order valence-corrected chi connectivity index (χ4v) is 7.42. The van der Waals surface area contributed by atoms with Crippen LogP contribution >= 0.6 is 0 Å². The molecule has 0 radical (unpaired) electrons. The molecule has 0 N–H and O–H groups in total. The Bertz CT molecular complexity index is 3050. The van der Waals surface area contributed by atoms with Gasteiger partial charge in [-0.1, -0.05) is 194 Å². The maximum atomic E-state index is 9.57. The van der Waals surface area contributed by atoms with Gasteiger partial charge in [-0.2, -0.15) is 0 Å². The highest BCUT2D eigenvalue weighted by molar-refractivity contribution is 6.20. The topological polar surface area (TPSA) is 25.8 Å². The fraction of sp³-hybridized carbons (Fsp3) is 0. The Balaban J connectivity index is 1.17. The zero-order valence-electron chi connectivity index (χ0n) is 33.2. The van der Waals surface area contributed by atoms with Gasteiger partial charge in [0.25, 0.3) is 0 Å². The lowest BCUT2D eigenvalue weighted by Crippen LogP contribution is -1.96. The maximum absolute atomic E-state index is 9.57. The first-order valence-electron chi connectivity index (χ1n) is 20.1. The summed E-state index contributed by atoms with van der Waals surface area (Å²) in [6.07, 6.45) is 0. The molecule has 0 aliphatic heterocycles. The van der Waals surface area contributed by atoms with Gasteiger partial charge in [-0.3, -0.25) is 0 Å². The molecule has 0 spiro atoms. The van der Waals surface area contributed by atoms with Crippen molar-refractivity contribution in [1.82, 2.24) is 9.97 Å². The first kappa shape index (κ1) is 27.5. The molecule has 1 aromatic heterocycles. The number of aromatic nitrogens is 2. The van der Waals surface area contributed by atoms with E-state index in [0.717, 1.165) is 65.7 Å². The van der Waals surface area contributed by atoms with Gasteiger partial charge in [-0.05, 0) is 77.8 Å². The summed E-state index contributed by atoms with van der Waals surface area (Å²) in [4.78, 5) is 9.98. The van der Waals surface area contributed by atoms with E-state index in [0.29, 0.717) is 17.0 Å². The molecule has 0 saturated carbocycles. The van der Waals surface area contributed by atoms with Gasteiger partial charge in [-0.15, -0.1) is 0 Å². The minimum atomic E-state index is -0.195. The van der Waals surface area contributed by atoms with Crippen molar-refractivity contribution in [3.8, 4) is 67.3 Å². The Hall–Kier alpha value is -7.16. The van der Waals surface area contributed by atoms with Crippen molar-refractivity contribution in [3.05, 3.63) is 206 Å². The summed E-state index contributed by atoms with van der Waals surface area (Å²) in [5.41, 5.74) is 8.23. The summed E-state index contributed by atoms with van der Waals surface area (Å²) in [5.74, 6) is 0.129. The number of hydrogen-bond acceptors (Lipinski definition) is 2. The molecule has 10 rings (SSSR count). The van der Waals surface area contributed by atoms with Gasteiger partial charge < -0.3 is 0 Å². The van der Waals surface area contributed by atoms with Crippen LogP contribution in [0.15, 0.2) is 206 Å². The van der Waals surface area contributed by atoms with Crippen molar-refractivity contribution in [2.45, 2.75) is 0 Å². The van der Waals surface area contributed by atoms with E-state index >= 15 is 0 Å². The van der Waals surface area contributed by atoms with Gasteiger partial charge in [0.05, 0.1) is 16.9 Å². The minimum Gasteiger partial charge on any atom is -0.228 e. The van der Waals surface area contributed by atoms with Crippen molar-refractivity contribution < 1.29 is 5.48 Å². The number of fused-ring (bicyclic) bond motifs is 4. The third-order valence-corrected chi connectivity index (χ3v) is 10.2. The van der Waals surface area contributed by atoms with Crippen molar-refractivity contribution in [2.75, 3.05) is 0 Å². The van der Waals surface area contributed by atoms with Crippen molar-refractivity contribution in [3.63, 3.8) is 0 Å². The zero-order valence-corrected chi connectivity index (χ0v) is 29.2. The molecule has 10 aromatic rings. The van der Waals surface area contributed by atoms with E-state index in [4.69, 9.17) is 9.97 Å². The molecule has 9 aromatic carbocycles. The molecular formula is C52H34N2. The van der Waals surface area contributed by atoms with Crippen LogP contribution in [-0.4, -0.2) is 9.97 Å². The SMILES string of the molecule is [2H]c1c([2H])c(-c2c3ccccc3cc3c2ccc2ccccc23)c([2H])c([2H])c1-c1nc(-c2ccc(-c3ccccc3)cc2)cc(-c2ccc(-c3ccccc3)cc2)n1. The summed E-state index contributed by atoms with van der Waals surface area (Å²) in [6.45, 7) is 0. The van der Waals surface area contributed by atoms with Gasteiger partial charge in [0.2, 0.25) is 0 Å². The van der Waals surface area contributed by atoms with Crippen LogP contribution in [0.3, 0.4) is 0 Å². The lowest BCUT2D eigenvalue weighted by molar-refractivity contribution is 1.18. The molecule has 0 saturated heterocycles. The quantitative estimate of drug-likeness (QED) is 0.128. The van der Waals surface area contributed by atoms with Crippen LogP contribution in [0.2, 0.25) is 0 Å². The number of hydrogen-bond donors (Lipinski definition) is 0.